The molecule has 10 heteroatoms. The Morgan fingerprint density at radius 2 is 1.97 bits per heavy atom. The van der Waals surface area contributed by atoms with Crippen LogP contribution in [0.2, 0.25) is 0 Å². The van der Waals surface area contributed by atoms with E-state index < -0.39 is 12.3 Å². The Balaban J connectivity index is 1.32. The van der Waals surface area contributed by atoms with Crippen LogP contribution in [0.1, 0.15) is 43.4 Å². The second kappa shape index (κ2) is 12.4. The molecule has 1 saturated heterocycles. The highest BCUT2D eigenvalue weighted by Gasteiger charge is 2.38. The van der Waals surface area contributed by atoms with Crippen LogP contribution < -0.4 is 14.2 Å². The maximum Gasteiger partial charge on any atom is 0.425 e. The summed E-state index contributed by atoms with van der Waals surface area (Å²) >= 11 is 0. The molecule has 2 aromatic carbocycles. The predicted octanol–water partition coefficient (Wildman–Crippen LogP) is 5.52. The van der Waals surface area contributed by atoms with Gasteiger partial charge < -0.3 is 18.9 Å². The number of halogens is 3. The van der Waals surface area contributed by atoms with Crippen molar-refractivity contribution in [3.05, 3.63) is 58.7 Å². The van der Waals surface area contributed by atoms with E-state index in [1.165, 1.54) is 12.1 Å². The lowest BCUT2D eigenvalue weighted by Crippen LogP contribution is -2.38. The number of carbonyl (C=O) groups excluding carboxylic acids is 1. The number of nitrogens with zero attached hydrogens (tertiary/aromatic N) is 2. The van der Waals surface area contributed by atoms with Crippen LogP contribution in [0.25, 0.3) is 6.08 Å². The Hall–Kier alpha value is -3.71. The fourth-order valence-electron chi connectivity index (χ4n) is 4.53. The Bertz CT molecular complexity index is 1250. The molecule has 208 valence electrons. The summed E-state index contributed by atoms with van der Waals surface area (Å²) in [5.74, 6) is 1.01. The summed E-state index contributed by atoms with van der Waals surface area (Å²) in [6, 6.07) is 11.8. The molecule has 0 radical (unpaired) electrons. The van der Waals surface area contributed by atoms with Gasteiger partial charge in [-0.2, -0.15) is 18.4 Å². The van der Waals surface area contributed by atoms with E-state index in [0.717, 1.165) is 50.5 Å². The summed E-state index contributed by atoms with van der Waals surface area (Å²) in [6.07, 6.45) is -2.85. The number of nitriles is 1. The maximum atomic E-state index is 12.8. The van der Waals surface area contributed by atoms with Gasteiger partial charge in [-0.25, -0.2) is 0 Å². The molecule has 0 aromatic heterocycles. The number of ether oxygens (including phenoxy) is 4. The first kappa shape index (κ1) is 28.3. The summed E-state index contributed by atoms with van der Waals surface area (Å²) < 4.78 is 60.3. The zero-order chi connectivity index (χ0) is 28.0. The third-order valence-corrected chi connectivity index (χ3v) is 6.73. The zero-order valence-corrected chi connectivity index (χ0v) is 21.9. The normalized spacial score (nSPS) is 16.8. The van der Waals surface area contributed by atoms with Crippen molar-refractivity contribution in [3.63, 3.8) is 0 Å². The van der Waals surface area contributed by atoms with Crippen LogP contribution in [0.3, 0.4) is 0 Å². The monoisotopic (exact) mass is 544 g/mol. The Labute approximate surface area is 225 Å². The van der Waals surface area contributed by atoms with Crippen molar-refractivity contribution in [2.75, 3.05) is 32.8 Å². The molecule has 0 N–H and O–H groups in total. The highest BCUT2D eigenvalue weighted by molar-refractivity contribution is 5.72. The number of esters is 1. The first-order valence-electron chi connectivity index (χ1n) is 12.9. The van der Waals surface area contributed by atoms with E-state index in [0.29, 0.717) is 30.3 Å². The molecule has 2 aliphatic heterocycles. The Morgan fingerprint density at radius 1 is 1.21 bits per heavy atom. The molecule has 1 fully saturated rings. The molecular formula is C29H31F3N2O5. The van der Waals surface area contributed by atoms with Gasteiger partial charge in [0.05, 0.1) is 18.1 Å². The molecule has 0 aliphatic carbocycles. The number of rotatable bonds is 9. The first-order chi connectivity index (χ1) is 18.7. The van der Waals surface area contributed by atoms with E-state index in [4.69, 9.17) is 18.9 Å². The molecule has 2 aromatic rings. The molecule has 0 spiro atoms. The smallest absolute Gasteiger partial charge is 0.425 e. The standard InChI is InChI=1S/C29H31F3N2O5/c1-3-36-28(35)22-8-10-34(11-9-22)16-21-13-23-5-6-25(14-27(23)38-18-21)37-17-20-4-7-26(24(12-20)15-33)39-19(2)29(30,31)32/h4-7,12-14,19,22H,3,8-11,16-18H2,1-2H3/t19-/m0/s1. The molecule has 39 heavy (non-hydrogen) atoms. The number of benzene rings is 2. The molecule has 0 unspecified atom stereocenters. The van der Waals surface area contributed by atoms with Gasteiger partial charge in [0.25, 0.3) is 0 Å². The second-order valence-corrected chi connectivity index (χ2v) is 9.63. The SMILES string of the molecule is CCOC(=O)C1CCN(CC2=Cc3ccc(OCc4ccc(O[C@@H](C)C(F)(F)F)c(C#N)c4)cc3OC2)CC1. The quantitative estimate of drug-likeness (QED) is 0.385. The van der Waals surface area contributed by atoms with Gasteiger partial charge in [-0.05, 0) is 81.3 Å². The molecule has 2 heterocycles. The number of hydrogen-bond acceptors (Lipinski definition) is 7. The van der Waals surface area contributed by atoms with E-state index in [1.54, 1.807) is 12.1 Å². The lowest BCUT2D eigenvalue weighted by molar-refractivity contribution is -0.189. The van der Waals surface area contributed by atoms with Gasteiger partial charge in [-0.15, -0.1) is 0 Å². The first-order valence-corrected chi connectivity index (χ1v) is 12.9. The molecular weight excluding hydrogens is 513 g/mol. The molecule has 7 nitrogen and oxygen atoms in total. The van der Waals surface area contributed by atoms with Gasteiger partial charge in [0.15, 0.2) is 6.10 Å². The number of piperidine rings is 1. The highest BCUT2D eigenvalue weighted by atomic mass is 19.4. The summed E-state index contributed by atoms with van der Waals surface area (Å²) in [4.78, 5) is 14.3. The largest absolute Gasteiger partial charge is 0.489 e. The van der Waals surface area contributed by atoms with Gasteiger partial charge in [0.2, 0.25) is 0 Å². The number of alkyl halides is 3. The summed E-state index contributed by atoms with van der Waals surface area (Å²) in [7, 11) is 0. The van der Waals surface area contributed by atoms with Gasteiger partial charge in [0, 0.05) is 18.2 Å². The lowest BCUT2D eigenvalue weighted by Gasteiger charge is -2.32. The highest BCUT2D eigenvalue weighted by Crippen LogP contribution is 2.32. The van der Waals surface area contributed by atoms with Crippen LogP contribution in [0.5, 0.6) is 17.2 Å². The van der Waals surface area contributed by atoms with Crippen LogP contribution in [-0.2, 0) is 16.1 Å². The third kappa shape index (κ3) is 7.45. The number of carbonyl (C=O) groups is 1. The molecule has 4 rings (SSSR count). The van der Waals surface area contributed by atoms with Crippen molar-refractivity contribution < 1.29 is 36.9 Å². The number of fused-ring (bicyclic) bond motifs is 1. The Morgan fingerprint density at radius 3 is 2.67 bits per heavy atom. The van der Waals surface area contributed by atoms with E-state index in [2.05, 4.69) is 11.0 Å². The average Bonchev–Trinajstić information content (AvgIpc) is 2.92. The van der Waals surface area contributed by atoms with Crippen LogP contribution in [0.4, 0.5) is 13.2 Å². The van der Waals surface area contributed by atoms with Crippen molar-refractivity contribution >= 4 is 12.0 Å². The minimum atomic E-state index is -4.53. The number of hydrogen-bond donors (Lipinski definition) is 0. The Kier molecular flexibility index (Phi) is 9.02. The van der Waals surface area contributed by atoms with Crippen LogP contribution in [-0.4, -0.2) is 56.0 Å². The second-order valence-electron chi connectivity index (χ2n) is 9.63. The maximum absolute atomic E-state index is 12.8. The molecule has 0 saturated carbocycles. The third-order valence-electron chi connectivity index (χ3n) is 6.73. The minimum absolute atomic E-state index is 0.00348. The van der Waals surface area contributed by atoms with Gasteiger partial charge in [-0.1, -0.05) is 6.07 Å². The van der Waals surface area contributed by atoms with Crippen LogP contribution in [0, 0.1) is 17.2 Å². The molecule has 0 bridgehead atoms. The predicted molar refractivity (Wildman–Crippen MR) is 137 cm³/mol. The van der Waals surface area contributed by atoms with Crippen molar-refractivity contribution in [3.8, 4) is 23.3 Å². The topological polar surface area (TPSA) is 81.0 Å². The molecule has 2 aliphatic rings. The van der Waals surface area contributed by atoms with Gasteiger partial charge in [-0.3, -0.25) is 9.69 Å². The summed E-state index contributed by atoms with van der Waals surface area (Å²) in [6.45, 7) is 6.14. The minimum Gasteiger partial charge on any atom is -0.489 e. The van der Waals surface area contributed by atoms with E-state index in [9.17, 15) is 23.2 Å². The summed E-state index contributed by atoms with van der Waals surface area (Å²) in [5, 5.41) is 9.36. The van der Waals surface area contributed by atoms with Crippen molar-refractivity contribution in [1.29, 1.82) is 5.26 Å². The molecule has 0 amide bonds. The molecule has 1 atom stereocenters. The van der Waals surface area contributed by atoms with E-state index in [-0.39, 0.29) is 29.8 Å². The van der Waals surface area contributed by atoms with Crippen LogP contribution >= 0.6 is 0 Å². The van der Waals surface area contributed by atoms with Crippen LogP contribution in [0.15, 0.2) is 42.0 Å². The average molecular weight is 545 g/mol. The van der Waals surface area contributed by atoms with Crippen molar-refractivity contribution in [2.45, 2.75) is 45.6 Å². The fraction of sp³-hybridized carbons (Fsp3) is 0.448. The van der Waals surface area contributed by atoms with E-state index in [1.807, 2.05) is 25.1 Å². The van der Waals surface area contributed by atoms with Gasteiger partial charge in [0.1, 0.15) is 36.5 Å². The van der Waals surface area contributed by atoms with E-state index >= 15 is 0 Å². The number of likely N-dealkylation sites (tertiary alicyclic amines) is 1. The zero-order valence-electron chi connectivity index (χ0n) is 21.9. The van der Waals surface area contributed by atoms with Gasteiger partial charge >= 0.3 is 12.1 Å². The summed E-state index contributed by atoms with van der Waals surface area (Å²) in [5.41, 5.74) is 2.71. The van der Waals surface area contributed by atoms with Crippen molar-refractivity contribution in [2.24, 2.45) is 5.92 Å². The van der Waals surface area contributed by atoms with Crippen molar-refractivity contribution in [1.82, 2.24) is 4.90 Å². The lowest BCUT2D eigenvalue weighted by atomic mass is 9.96. The fourth-order valence-corrected chi connectivity index (χ4v) is 4.53.